The smallest absolute Gasteiger partial charge is 0.356 e. The third kappa shape index (κ3) is 3.12. The first-order valence-corrected chi connectivity index (χ1v) is 7.33. The first-order chi connectivity index (χ1) is 11.2. The van der Waals surface area contributed by atoms with Crippen molar-refractivity contribution in [2.45, 2.75) is 11.8 Å². The summed E-state index contributed by atoms with van der Waals surface area (Å²) in [7, 11) is 2.13. The fourth-order valence-corrected chi connectivity index (χ4v) is 2.55. The second kappa shape index (κ2) is 6.83. The highest BCUT2D eigenvalue weighted by Gasteiger charge is 2.63. The third-order valence-electron chi connectivity index (χ3n) is 3.71. The van der Waals surface area contributed by atoms with Crippen molar-refractivity contribution < 1.29 is 22.7 Å². The number of alkyl halides is 3. The van der Waals surface area contributed by atoms with E-state index in [1.165, 1.54) is 55.6 Å². The number of carbonyl (C=O) groups excluding carboxylic acids is 1. The maximum atomic E-state index is 13.9. The topological polar surface area (TPSA) is 29.5 Å². The van der Waals surface area contributed by atoms with Crippen LogP contribution in [-0.2, 0) is 15.1 Å². The fourth-order valence-electron chi connectivity index (χ4n) is 2.42. The molecular weight excluding hydrogens is 343 g/mol. The van der Waals surface area contributed by atoms with Crippen molar-refractivity contribution in [2.24, 2.45) is 0 Å². The minimum absolute atomic E-state index is 0.269. The van der Waals surface area contributed by atoms with E-state index in [1.807, 2.05) is 0 Å². The Kier molecular flexibility index (Phi) is 5.20. The van der Waals surface area contributed by atoms with Crippen molar-refractivity contribution >= 4 is 23.2 Å². The summed E-state index contributed by atoms with van der Waals surface area (Å²) >= 11 is 5.77. The molecule has 0 aliphatic heterocycles. The van der Waals surface area contributed by atoms with Crippen molar-refractivity contribution in [3.05, 3.63) is 65.2 Å². The van der Waals surface area contributed by atoms with E-state index in [1.54, 1.807) is 6.07 Å². The van der Waals surface area contributed by atoms with Gasteiger partial charge < -0.3 is 9.64 Å². The Labute approximate surface area is 142 Å². The highest BCUT2D eigenvalue weighted by atomic mass is 35.5. The Balaban J connectivity index is 2.55. The molecule has 1 amide bonds. The maximum Gasteiger partial charge on any atom is 0.430 e. The van der Waals surface area contributed by atoms with E-state index in [9.17, 15) is 18.0 Å². The third-order valence-corrected chi connectivity index (χ3v) is 3.96. The largest absolute Gasteiger partial charge is 0.430 e. The molecule has 0 spiro atoms. The summed E-state index contributed by atoms with van der Waals surface area (Å²) in [6, 6.07) is 12.7. The van der Waals surface area contributed by atoms with Gasteiger partial charge in [-0.15, -0.1) is 0 Å². The maximum absolute atomic E-state index is 13.9. The molecule has 24 heavy (non-hydrogen) atoms. The number of ether oxygens (including phenoxy) is 1. The van der Waals surface area contributed by atoms with Crippen LogP contribution in [-0.4, -0.2) is 26.2 Å². The van der Waals surface area contributed by atoms with Crippen LogP contribution in [0.5, 0.6) is 0 Å². The van der Waals surface area contributed by atoms with Crippen molar-refractivity contribution in [1.29, 1.82) is 0 Å². The van der Waals surface area contributed by atoms with Crippen LogP contribution in [0.25, 0.3) is 0 Å². The van der Waals surface area contributed by atoms with Gasteiger partial charge in [0.25, 0.3) is 11.5 Å². The molecule has 0 radical (unpaired) electrons. The van der Waals surface area contributed by atoms with Crippen molar-refractivity contribution in [2.75, 3.05) is 19.1 Å². The van der Waals surface area contributed by atoms with Crippen LogP contribution in [0, 0.1) is 0 Å². The van der Waals surface area contributed by atoms with Gasteiger partial charge in [0, 0.05) is 30.4 Å². The van der Waals surface area contributed by atoms with Gasteiger partial charge in [0.2, 0.25) is 0 Å². The van der Waals surface area contributed by atoms with Gasteiger partial charge in [-0.05, 0) is 24.3 Å². The molecule has 0 saturated carbocycles. The van der Waals surface area contributed by atoms with Crippen LogP contribution in [0.2, 0.25) is 5.02 Å². The number of hydrogen-bond acceptors (Lipinski definition) is 2. The highest BCUT2D eigenvalue weighted by molar-refractivity contribution is 6.30. The molecule has 2 rings (SSSR count). The Hall–Kier alpha value is -2.05. The van der Waals surface area contributed by atoms with Crippen LogP contribution >= 0.6 is 11.6 Å². The average molecular weight is 358 g/mol. The number of nitrogens with zero attached hydrogens (tertiary/aromatic N) is 1. The van der Waals surface area contributed by atoms with E-state index in [0.29, 0.717) is 5.02 Å². The number of carbonyl (C=O) groups is 1. The van der Waals surface area contributed by atoms with E-state index in [4.69, 9.17) is 16.3 Å². The summed E-state index contributed by atoms with van der Waals surface area (Å²) < 4.78 is 46.3. The number of halogens is 4. The summed E-state index contributed by atoms with van der Waals surface area (Å²) in [5.74, 6) is -1.24. The lowest BCUT2D eigenvalue weighted by Crippen LogP contribution is -2.56. The normalized spacial score (nSPS) is 14.1. The molecule has 0 aliphatic carbocycles. The van der Waals surface area contributed by atoms with E-state index < -0.39 is 17.7 Å². The van der Waals surface area contributed by atoms with Gasteiger partial charge in [-0.1, -0.05) is 41.9 Å². The SMILES string of the molecule is COC(C(=O)N(C)c1ccc(Cl)cc1)(c1ccccc1)C(F)(F)F. The number of anilines is 1. The quantitative estimate of drug-likeness (QED) is 0.811. The lowest BCUT2D eigenvalue weighted by atomic mass is 9.91. The van der Waals surface area contributed by atoms with Crippen LogP contribution in [0.1, 0.15) is 5.56 Å². The van der Waals surface area contributed by atoms with Gasteiger partial charge in [-0.2, -0.15) is 13.2 Å². The zero-order valence-electron chi connectivity index (χ0n) is 13.0. The molecule has 0 fully saturated rings. The van der Waals surface area contributed by atoms with Gasteiger partial charge in [-0.3, -0.25) is 4.79 Å². The van der Waals surface area contributed by atoms with Crippen molar-refractivity contribution in [3.8, 4) is 0 Å². The predicted molar refractivity (Wildman–Crippen MR) is 86.0 cm³/mol. The van der Waals surface area contributed by atoms with E-state index in [-0.39, 0.29) is 11.3 Å². The van der Waals surface area contributed by atoms with E-state index in [0.717, 1.165) is 12.0 Å². The lowest BCUT2D eigenvalue weighted by Gasteiger charge is -2.36. The summed E-state index contributed by atoms with van der Waals surface area (Å²) in [6.45, 7) is 0. The number of rotatable bonds is 4. The number of likely N-dealkylation sites (N-methyl/N-ethyl adjacent to an activating group) is 1. The summed E-state index contributed by atoms with van der Waals surface area (Å²) in [5, 5.41) is 0.413. The minimum atomic E-state index is -4.94. The Morgan fingerprint density at radius 1 is 1.04 bits per heavy atom. The molecule has 7 heteroatoms. The van der Waals surface area contributed by atoms with E-state index in [2.05, 4.69) is 0 Å². The zero-order valence-corrected chi connectivity index (χ0v) is 13.7. The van der Waals surface area contributed by atoms with Gasteiger partial charge in [0.15, 0.2) is 0 Å². The van der Waals surface area contributed by atoms with Crippen LogP contribution in [0.4, 0.5) is 18.9 Å². The molecule has 0 aliphatic rings. The second-order valence-corrected chi connectivity index (χ2v) is 5.53. The number of hydrogen-bond donors (Lipinski definition) is 0. The Morgan fingerprint density at radius 3 is 2.04 bits per heavy atom. The molecule has 0 bridgehead atoms. The summed E-state index contributed by atoms with van der Waals surface area (Å²) in [5.41, 5.74) is -3.11. The lowest BCUT2D eigenvalue weighted by molar-refractivity contribution is -0.264. The molecule has 0 aromatic heterocycles. The Morgan fingerprint density at radius 2 is 1.58 bits per heavy atom. The second-order valence-electron chi connectivity index (χ2n) is 5.09. The highest BCUT2D eigenvalue weighted by Crippen LogP contribution is 2.43. The average Bonchev–Trinajstić information content (AvgIpc) is 2.55. The predicted octanol–water partition coefficient (Wildman–Crippen LogP) is 4.41. The summed E-state index contributed by atoms with van der Waals surface area (Å²) in [4.78, 5) is 13.7. The number of benzene rings is 2. The Bertz CT molecular complexity index is 704. The van der Waals surface area contributed by atoms with Crippen molar-refractivity contribution in [3.63, 3.8) is 0 Å². The molecule has 1 atom stereocenters. The molecule has 0 heterocycles. The van der Waals surface area contributed by atoms with E-state index >= 15 is 0 Å². The van der Waals surface area contributed by atoms with Gasteiger partial charge in [-0.25, -0.2) is 0 Å². The first-order valence-electron chi connectivity index (χ1n) is 6.95. The van der Waals surface area contributed by atoms with Crippen LogP contribution in [0.3, 0.4) is 0 Å². The molecule has 0 saturated heterocycles. The van der Waals surface area contributed by atoms with Crippen LogP contribution in [0.15, 0.2) is 54.6 Å². The summed E-state index contributed by atoms with van der Waals surface area (Å²) in [6.07, 6.45) is -4.94. The first kappa shape index (κ1) is 18.3. The zero-order chi connectivity index (χ0) is 18.0. The van der Waals surface area contributed by atoms with Crippen LogP contribution < -0.4 is 4.90 Å². The molecule has 128 valence electrons. The molecule has 2 aromatic carbocycles. The molecule has 1 unspecified atom stereocenters. The molecule has 0 N–H and O–H groups in total. The number of methoxy groups -OCH3 is 1. The monoisotopic (exact) mass is 357 g/mol. The minimum Gasteiger partial charge on any atom is -0.356 e. The number of amides is 1. The van der Waals surface area contributed by atoms with Crippen molar-refractivity contribution in [1.82, 2.24) is 0 Å². The van der Waals surface area contributed by atoms with Gasteiger partial charge in [0.05, 0.1) is 0 Å². The van der Waals surface area contributed by atoms with Gasteiger partial charge in [0.1, 0.15) is 0 Å². The molecule has 3 nitrogen and oxygen atoms in total. The van der Waals surface area contributed by atoms with Gasteiger partial charge >= 0.3 is 6.18 Å². The molecule has 2 aromatic rings. The fraction of sp³-hybridized carbons (Fsp3) is 0.235. The standard InChI is InChI=1S/C17H15ClF3NO2/c1-22(14-10-8-13(18)9-11-14)15(23)16(24-2,17(19,20)21)12-6-4-3-5-7-12/h3-11H,1-2H3. The molecular formula is C17H15ClF3NO2.